The standard InChI is InChI=1S/C10H12N2O2/c11-9-5-4-8(7-2-1-3-7)6-10(9)12(13)14/h4-7H,1-3,11H2. The molecule has 1 aliphatic rings. The molecule has 4 heteroatoms. The van der Waals surface area contributed by atoms with Crippen molar-refractivity contribution in [2.24, 2.45) is 0 Å². The highest BCUT2D eigenvalue weighted by molar-refractivity contribution is 5.59. The van der Waals surface area contributed by atoms with E-state index < -0.39 is 4.92 Å². The minimum absolute atomic E-state index is 0.0365. The molecule has 1 aromatic rings. The van der Waals surface area contributed by atoms with Crippen molar-refractivity contribution in [1.82, 2.24) is 0 Å². The zero-order chi connectivity index (χ0) is 10.1. The lowest BCUT2D eigenvalue weighted by Gasteiger charge is -2.25. The second-order valence-corrected chi connectivity index (χ2v) is 3.70. The van der Waals surface area contributed by atoms with Crippen molar-refractivity contribution in [3.8, 4) is 0 Å². The number of benzene rings is 1. The Labute approximate surface area is 81.9 Å². The van der Waals surface area contributed by atoms with E-state index in [2.05, 4.69) is 0 Å². The highest BCUT2D eigenvalue weighted by Gasteiger charge is 2.22. The molecule has 0 atom stereocenters. The summed E-state index contributed by atoms with van der Waals surface area (Å²) in [6, 6.07) is 5.14. The summed E-state index contributed by atoms with van der Waals surface area (Å²) in [5, 5.41) is 10.6. The Hall–Kier alpha value is -1.58. The number of anilines is 1. The lowest BCUT2D eigenvalue weighted by atomic mass is 9.80. The van der Waals surface area contributed by atoms with Gasteiger partial charge < -0.3 is 5.73 Å². The average Bonchev–Trinajstić information content (AvgIpc) is 2.04. The molecule has 14 heavy (non-hydrogen) atoms. The molecule has 1 saturated carbocycles. The van der Waals surface area contributed by atoms with E-state index in [4.69, 9.17) is 5.73 Å². The van der Waals surface area contributed by atoms with Crippen LogP contribution in [0.4, 0.5) is 11.4 Å². The van der Waals surface area contributed by atoms with E-state index >= 15 is 0 Å². The van der Waals surface area contributed by atoms with Gasteiger partial charge in [-0.2, -0.15) is 0 Å². The number of nitrogen functional groups attached to an aromatic ring is 1. The molecule has 74 valence electrons. The minimum Gasteiger partial charge on any atom is -0.393 e. The minimum atomic E-state index is -0.419. The molecule has 2 N–H and O–H groups in total. The van der Waals surface area contributed by atoms with Crippen molar-refractivity contribution < 1.29 is 4.92 Å². The second-order valence-electron chi connectivity index (χ2n) is 3.70. The number of nitro benzene ring substituents is 1. The fourth-order valence-corrected chi connectivity index (χ4v) is 1.71. The molecule has 0 amide bonds. The highest BCUT2D eigenvalue weighted by Crippen LogP contribution is 2.38. The molecule has 4 nitrogen and oxygen atoms in total. The fourth-order valence-electron chi connectivity index (χ4n) is 1.71. The summed E-state index contributed by atoms with van der Waals surface area (Å²) in [5.41, 5.74) is 6.85. The van der Waals surface area contributed by atoms with Gasteiger partial charge >= 0.3 is 0 Å². The van der Waals surface area contributed by atoms with Crippen LogP contribution in [0.25, 0.3) is 0 Å². The monoisotopic (exact) mass is 192 g/mol. The summed E-state index contributed by atoms with van der Waals surface area (Å²) in [7, 11) is 0. The first-order chi connectivity index (χ1) is 6.68. The maximum absolute atomic E-state index is 10.6. The third-order valence-corrected chi connectivity index (χ3v) is 2.83. The van der Waals surface area contributed by atoms with E-state index in [-0.39, 0.29) is 11.4 Å². The summed E-state index contributed by atoms with van der Waals surface area (Å²) >= 11 is 0. The lowest BCUT2D eigenvalue weighted by molar-refractivity contribution is -0.384. The van der Waals surface area contributed by atoms with E-state index in [0.717, 1.165) is 18.4 Å². The van der Waals surface area contributed by atoms with Crippen molar-refractivity contribution in [3.05, 3.63) is 33.9 Å². The molecule has 0 bridgehead atoms. The second kappa shape index (κ2) is 3.29. The third-order valence-electron chi connectivity index (χ3n) is 2.83. The van der Waals surface area contributed by atoms with Gasteiger partial charge in [0.15, 0.2) is 0 Å². The van der Waals surface area contributed by atoms with Gasteiger partial charge in [-0.25, -0.2) is 0 Å². The Kier molecular flexibility index (Phi) is 2.11. The molecule has 1 fully saturated rings. The van der Waals surface area contributed by atoms with E-state index in [1.54, 1.807) is 12.1 Å². The first-order valence-corrected chi connectivity index (χ1v) is 4.72. The molecular formula is C10H12N2O2. The molecule has 0 radical (unpaired) electrons. The van der Waals surface area contributed by atoms with Gasteiger partial charge in [-0.1, -0.05) is 12.5 Å². The molecule has 0 unspecified atom stereocenters. The molecule has 0 aliphatic heterocycles. The predicted octanol–water partition coefficient (Wildman–Crippen LogP) is 2.44. The molecule has 2 rings (SSSR count). The molecule has 0 spiro atoms. The Bertz CT molecular complexity index is 372. The van der Waals surface area contributed by atoms with Gasteiger partial charge in [0.05, 0.1) is 4.92 Å². The van der Waals surface area contributed by atoms with Crippen molar-refractivity contribution in [2.45, 2.75) is 25.2 Å². The van der Waals surface area contributed by atoms with Gasteiger partial charge in [0, 0.05) is 6.07 Å². The van der Waals surface area contributed by atoms with E-state index in [1.165, 1.54) is 6.42 Å². The quantitative estimate of drug-likeness (QED) is 0.444. The van der Waals surface area contributed by atoms with Crippen LogP contribution in [0.1, 0.15) is 30.7 Å². The summed E-state index contributed by atoms with van der Waals surface area (Å²) < 4.78 is 0. The normalized spacial score (nSPS) is 16.3. The number of nitro groups is 1. The number of hydrogen-bond donors (Lipinski definition) is 1. The Balaban J connectivity index is 2.34. The number of rotatable bonds is 2. The SMILES string of the molecule is Nc1ccc(C2CCC2)cc1[N+](=O)[O-]. The first kappa shape index (κ1) is 8.99. The van der Waals surface area contributed by atoms with Gasteiger partial charge in [-0.05, 0) is 30.4 Å². The molecule has 0 heterocycles. The van der Waals surface area contributed by atoms with Crippen LogP contribution in [-0.2, 0) is 0 Å². The van der Waals surface area contributed by atoms with Crippen LogP contribution in [0.5, 0.6) is 0 Å². The summed E-state index contributed by atoms with van der Waals surface area (Å²) in [4.78, 5) is 10.2. The Morgan fingerprint density at radius 2 is 2.14 bits per heavy atom. The smallest absolute Gasteiger partial charge is 0.292 e. The van der Waals surface area contributed by atoms with Crippen LogP contribution < -0.4 is 5.73 Å². The maximum Gasteiger partial charge on any atom is 0.292 e. The topological polar surface area (TPSA) is 69.2 Å². The van der Waals surface area contributed by atoms with Gasteiger partial charge in [-0.15, -0.1) is 0 Å². The molecule has 1 aliphatic carbocycles. The molecule has 0 saturated heterocycles. The third kappa shape index (κ3) is 1.43. The number of hydrogen-bond acceptors (Lipinski definition) is 3. The van der Waals surface area contributed by atoms with Gasteiger partial charge in [0.1, 0.15) is 5.69 Å². The van der Waals surface area contributed by atoms with Crippen LogP contribution in [0.15, 0.2) is 18.2 Å². The average molecular weight is 192 g/mol. The fraction of sp³-hybridized carbons (Fsp3) is 0.400. The van der Waals surface area contributed by atoms with Crippen LogP contribution in [0.2, 0.25) is 0 Å². The zero-order valence-electron chi connectivity index (χ0n) is 7.77. The Morgan fingerprint density at radius 3 is 2.64 bits per heavy atom. The van der Waals surface area contributed by atoms with E-state index in [1.807, 2.05) is 6.07 Å². The van der Waals surface area contributed by atoms with Crippen LogP contribution >= 0.6 is 0 Å². The predicted molar refractivity (Wildman–Crippen MR) is 54.1 cm³/mol. The van der Waals surface area contributed by atoms with E-state index in [9.17, 15) is 10.1 Å². The highest BCUT2D eigenvalue weighted by atomic mass is 16.6. The number of nitrogens with two attached hydrogens (primary N) is 1. The summed E-state index contributed by atoms with van der Waals surface area (Å²) in [6.07, 6.45) is 3.50. The Morgan fingerprint density at radius 1 is 1.43 bits per heavy atom. The van der Waals surface area contributed by atoms with Crippen LogP contribution in [0.3, 0.4) is 0 Å². The van der Waals surface area contributed by atoms with Crippen molar-refractivity contribution in [1.29, 1.82) is 0 Å². The zero-order valence-corrected chi connectivity index (χ0v) is 7.77. The number of nitrogens with zero attached hydrogens (tertiary/aromatic N) is 1. The van der Waals surface area contributed by atoms with Crippen LogP contribution in [-0.4, -0.2) is 4.92 Å². The van der Waals surface area contributed by atoms with Gasteiger partial charge in [-0.3, -0.25) is 10.1 Å². The van der Waals surface area contributed by atoms with Gasteiger partial charge in [0.2, 0.25) is 0 Å². The van der Waals surface area contributed by atoms with Gasteiger partial charge in [0.25, 0.3) is 5.69 Å². The summed E-state index contributed by atoms with van der Waals surface area (Å²) in [5.74, 6) is 0.509. The van der Waals surface area contributed by atoms with Crippen molar-refractivity contribution in [3.63, 3.8) is 0 Å². The maximum atomic E-state index is 10.6. The molecular weight excluding hydrogens is 180 g/mol. The van der Waals surface area contributed by atoms with Crippen LogP contribution in [0, 0.1) is 10.1 Å². The van der Waals surface area contributed by atoms with E-state index in [0.29, 0.717) is 5.92 Å². The molecule has 1 aromatic carbocycles. The largest absolute Gasteiger partial charge is 0.393 e. The van der Waals surface area contributed by atoms with Crippen molar-refractivity contribution >= 4 is 11.4 Å². The lowest BCUT2D eigenvalue weighted by Crippen LogP contribution is -2.09. The first-order valence-electron chi connectivity index (χ1n) is 4.72. The van der Waals surface area contributed by atoms with Crippen molar-refractivity contribution in [2.75, 3.05) is 5.73 Å². The molecule has 0 aromatic heterocycles. The summed E-state index contributed by atoms with van der Waals surface area (Å²) in [6.45, 7) is 0.